The van der Waals surface area contributed by atoms with Crippen LogP contribution in [0.15, 0.2) is 18.6 Å². The molecule has 0 amide bonds. The SMILES string of the molecule is Cn1cc(C2=CNCCC2=O)cn1. The van der Waals surface area contributed by atoms with Crippen LogP contribution in [0.1, 0.15) is 12.0 Å². The molecule has 0 saturated carbocycles. The molecule has 68 valence electrons. The zero-order valence-electron chi connectivity index (χ0n) is 7.45. The van der Waals surface area contributed by atoms with E-state index in [0.717, 1.165) is 17.7 Å². The third-order valence-electron chi connectivity index (χ3n) is 2.06. The van der Waals surface area contributed by atoms with Crippen molar-refractivity contribution in [3.8, 4) is 0 Å². The van der Waals surface area contributed by atoms with Crippen LogP contribution in [0.4, 0.5) is 0 Å². The normalized spacial score (nSPS) is 16.7. The van der Waals surface area contributed by atoms with Crippen LogP contribution in [0.2, 0.25) is 0 Å². The molecule has 4 heteroatoms. The summed E-state index contributed by atoms with van der Waals surface area (Å²) in [6, 6.07) is 0. The number of Topliss-reactive ketones (excluding diaryl/α,β-unsaturated/α-hetero) is 1. The van der Waals surface area contributed by atoms with Gasteiger partial charge in [-0.2, -0.15) is 5.10 Å². The summed E-state index contributed by atoms with van der Waals surface area (Å²) < 4.78 is 1.69. The Kier molecular flexibility index (Phi) is 1.88. The van der Waals surface area contributed by atoms with Crippen LogP contribution in [0.3, 0.4) is 0 Å². The highest BCUT2D eigenvalue weighted by Gasteiger charge is 2.15. The lowest BCUT2D eigenvalue weighted by atomic mass is 10.0. The largest absolute Gasteiger partial charge is 0.390 e. The third kappa shape index (κ3) is 1.47. The fourth-order valence-electron chi connectivity index (χ4n) is 1.38. The molecular formula is C9H11N3O. The Morgan fingerprint density at radius 3 is 3.08 bits per heavy atom. The van der Waals surface area contributed by atoms with Gasteiger partial charge in [-0.3, -0.25) is 9.48 Å². The number of allylic oxidation sites excluding steroid dienone is 1. The van der Waals surface area contributed by atoms with Gasteiger partial charge in [-0.1, -0.05) is 0 Å². The molecule has 2 heterocycles. The Labute approximate surface area is 76.2 Å². The monoisotopic (exact) mass is 177 g/mol. The molecule has 0 saturated heterocycles. The van der Waals surface area contributed by atoms with Crippen LogP contribution < -0.4 is 5.32 Å². The average Bonchev–Trinajstić information content (AvgIpc) is 2.53. The molecule has 0 aromatic carbocycles. The lowest BCUT2D eigenvalue weighted by Gasteiger charge is -2.11. The van der Waals surface area contributed by atoms with Gasteiger partial charge in [-0.15, -0.1) is 0 Å². The Morgan fingerprint density at radius 1 is 1.62 bits per heavy atom. The number of carbonyl (C=O) groups excluding carboxylic acids is 1. The number of hydrogen-bond donors (Lipinski definition) is 1. The highest BCUT2D eigenvalue weighted by atomic mass is 16.1. The van der Waals surface area contributed by atoms with E-state index in [2.05, 4.69) is 10.4 Å². The molecule has 0 unspecified atom stereocenters. The highest BCUT2D eigenvalue weighted by molar-refractivity contribution is 6.21. The summed E-state index contributed by atoms with van der Waals surface area (Å²) in [5.41, 5.74) is 1.62. The maximum absolute atomic E-state index is 11.5. The molecule has 1 aliphatic rings. The van der Waals surface area contributed by atoms with Gasteiger partial charge in [0.05, 0.1) is 6.20 Å². The van der Waals surface area contributed by atoms with Gasteiger partial charge >= 0.3 is 0 Å². The molecule has 0 atom stereocenters. The van der Waals surface area contributed by atoms with E-state index in [1.807, 2.05) is 13.2 Å². The van der Waals surface area contributed by atoms with E-state index in [1.165, 1.54) is 0 Å². The van der Waals surface area contributed by atoms with Crippen LogP contribution in [-0.2, 0) is 11.8 Å². The molecule has 0 fully saturated rings. The summed E-state index contributed by atoms with van der Waals surface area (Å²) in [5.74, 6) is 0.187. The molecule has 0 radical (unpaired) electrons. The lowest BCUT2D eigenvalue weighted by Crippen LogP contribution is -2.20. The number of carbonyl (C=O) groups is 1. The van der Waals surface area contributed by atoms with Crippen molar-refractivity contribution in [2.45, 2.75) is 6.42 Å². The highest BCUT2D eigenvalue weighted by Crippen LogP contribution is 2.17. The van der Waals surface area contributed by atoms with E-state index in [4.69, 9.17) is 0 Å². The average molecular weight is 177 g/mol. The second kappa shape index (κ2) is 3.05. The predicted octanol–water partition coefficient (Wildman–Crippen LogP) is 0.323. The quantitative estimate of drug-likeness (QED) is 0.672. The van der Waals surface area contributed by atoms with Gasteiger partial charge in [0.2, 0.25) is 0 Å². The van der Waals surface area contributed by atoms with Crippen LogP contribution in [0.5, 0.6) is 0 Å². The van der Waals surface area contributed by atoms with Crippen LogP contribution in [0, 0.1) is 0 Å². The Hall–Kier alpha value is -1.58. The number of ketones is 1. The van der Waals surface area contributed by atoms with E-state index in [-0.39, 0.29) is 5.78 Å². The van der Waals surface area contributed by atoms with Crippen molar-refractivity contribution in [2.24, 2.45) is 7.05 Å². The van der Waals surface area contributed by atoms with Gasteiger partial charge in [0, 0.05) is 43.5 Å². The minimum absolute atomic E-state index is 0.187. The van der Waals surface area contributed by atoms with E-state index in [1.54, 1.807) is 17.1 Å². The Balaban J connectivity index is 2.34. The van der Waals surface area contributed by atoms with Gasteiger partial charge in [0.15, 0.2) is 5.78 Å². The predicted molar refractivity (Wildman–Crippen MR) is 48.8 cm³/mol. The Bertz CT molecular complexity index is 365. The number of nitrogens with one attached hydrogen (secondary N) is 1. The fourth-order valence-corrected chi connectivity index (χ4v) is 1.38. The number of rotatable bonds is 1. The van der Waals surface area contributed by atoms with Gasteiger partial charge in [-0.05, 0) is 0 Å². The van der Waals surface area contributed by atoms with Crippen molar-refractivity contribution in [2.75, 3.05) is 6.54 Å². The maximum atomic E-state index is 11.5. The molecule has 4 nitrogen and oxygen atoms in total. The molecule has 0 aliphatic carbocycles. The molecule has 1 aromatic heterocycles. The molecule has 1 aromatic rings. The lowest BCUT2D eigenvalue weighted by molar-refractivity contribution is -0.113. The minimum Gasteiger partial charge on any atom is -0.390 e. The van der Waals surface area contributed by atoms with Gasteiger partial charge < -0.3 is 5.32 Å². The second-order valence-corrected chi connectivity index (χ2v) is 3.09. The zero-order chi connectivity index (χ0) is 9.26. The molecule has 1 aliphatic heterocycles. The summed E-state index contributed by atoms with van der Waals surface area (Å²) in [5, 5.41) is 7.08. The molecule has 2 rings (SSSR count). The van der Waals surface area contributed by atoms with Crippen molar-refractivity contribution in [1.29, 1.82) is 0 Å². The van der Waals surface area contributed by atoms with Crippen LogP contribution in [0.25, 0.3) is 5.57 Å². The molecular weight excluding hydrogens is 166 g/mol. The van der Waals surface area contributed by atoms with Crippen molar-refractivity contribution in [1.82, 2.24) is 15.1 Å². The zero-order valence-corrected chi connectivity index (χ0v) is 7.45. The molecule has 1 N–H and O–H groups in total. The molecule has 0 spiro atoms. The minimum atomic E-state index is 0.187. The van der Waals surface area contributed by atoms with Crippen molar-refractivity contribution in [3.05, 3.63) is 24.2 Å². The fraction of sp³-hybridized carbons (Fsp3) is 0.333. The van der Waals surface area contributed by atoms with Gasteiger partial charge in [0.1, 0.15) is 0 Å². The number of hydrogen-bond acceptors (Lipinski definition) is 3. The van der Waals surface area contributed by atoms with Gasteiger partial charge in [-0.25, -0.2) is 0 Å². The number of aryl methyl sites for hydroxylation is 1. The first-order valence-corrected chi connectivity index (χ1v) is 4.23. The smallest absolute Gasteiger partial charge is 0.166 e. The first-order valence-electron chi connectivity index (χ1n) is 4.23. The maximum Gasteiger partial charge on any atom is 0.166 e. The first kappa shape index (κ1) is 8.04. The van der Waals surface area contributed by atoms with Gasteiger partial charge in [0.25, 0.3) is 0 Å². The second-order valence-electron chi connectivity index (χ2n) is 3.09. The summed E-state index contributed by atoms with van der Waals surface area (Å²) in [6.07, 6.45) is 5.89. The van der Waals surface area contributed by atoms with Crippen molar-refractivity contribution >= 4 is 11.4 Å². The number of aromatic nitrogens is 2. The van der Waals surface area contributed by atoms with E-state index in [9.17, 15) is 4.79 Å². The van der Waals surface area contributed by atoms with Crippen LogP contribution in [-0.4, -0.2) is 22.1 Å². The summed E-state index contributed by atoms with van der Waals surface area (Å²) >= 11 is 0. The van der Waals surface area contributed by atoms with Crippen LogP contribution >= 0.6 is 0 Å². The van der Waals surface area contributed by atoms with Crippen molar-refractivity contribution < 1.29 is 4.79 Å². The van der Waals surface area contributed by atoms with E-state index >= 15 is 0 Å². The standard InChI is InChI=1S/C9H11N3O/c1-12-6-7(4-11-12)8-5-10-3-2-9(8)13/h4-6,10H,2-3H2,1H3. The third-order valence-corrected chi connectivity index (χ3v) is 2.06. The first-order chi connectivity index (χ1) is 6.27. The molecule has 0 bridgehead atoms. The number of nitrogens with zero attached hydrogens (tertiary/aromatic N) is 2. The van der Waals surface area contributed by atoms with E-state index in [0.29, 0.717) is 6.42 Å². The molecule has 13 heavy (non-hydrogen) atoms. The Morgan fingerprint density at radius 2 is 2.46 bits per heavy atom. The summed E-state index contributed by atoms with van der Waals surface area (Å²) in [7, 11) is 1.84. The van der Waals surface area contributed by atoms with Crippen molar-refractivity contribution in [3.63, 3.8) is 0 Å². The van der Waals surface area contributed by atoms with E-state index < -0.39 is 0 Å². The topological polar surface area (TPSA) is 46.9 Å². The summed E-state index contributed by atoms with van der Waals surface area (Å²) in [4.78, 5) is 11.5. The summed E-state index contributed by atoms with van der Waals surface area (Å²) in [6.45, 7) is 0.739.